The Morgan fingerprint density at radius 1 is 1.20 bits per heavy atom. The van der Waals surface area contributed by atoms with E-state index in [9.17, 15) is 4.79 Å². The Balaban J connectivity index is 1.77. The van der Waals surface area contributed by atoms with Crippen LogP contribution >= 0.6 is 0 Å². The maximum Gasteiger partial charge on any atom is 0.222 e. The number of nitrogens with two attached hydrogens (primary N) is 1. The molecule has 3 heterocycles. The summed E-state index contributed by atoms with van der Waals surface area (Å²) in [5.74, 6) is 1.87. The third-order valence-corrected chi connectivity index (χ3v) is 4.37. The molecule has 2 N–H and O–H groups in total. The first-order valence-electron chi connectivity index (χ1n) is 7.26. The fourth-order valence-corrected chi connectivity index (χ4v) is 3.15. The molecule has 0 aliphatic carbocycles. The molecule has 0 radical (unpaired) electrons. The molecular weight excluding hydrogens is 254 g/mol. The second-order valence-electron chi connectivity index (χ2n) is 5.82. The highest BCUT2D eigenvalue weighted by atomic mass is 16.1. The van der Waals surface area contributed by atoms with Crippen LogP contribution in [0.15, 0.2) is 12.4 Å². The SMILES string of the molecule is C[C@@H]1CN(c2cc(N3CCCC3)ncn2)C[C@H]1C(N)=O. The van der Waals surface area contributed by atoms with Crippen LogP contribution in [0.3, 0.4) is 0 Å². The topological polar surface area (TPSA) is 75.3 Å². The first kappa shape index (κ1) is 13.1. The molecule has 2 fully saturated rings. The smallest absolute Gasteiger partial charge is 0.222 e. The summed E-state index contributed by atoms with van der Waals surface area (Å²) in [5, 5.41) is 0. The van der Waals surface area contributed by atoms with E-state index in [1.807, 2.05) is 6.07 Å². The van der Waals surface area contributed by atoms with E-state index < -0.39 is 0 Å². The van der Waals surface area contributed by atoms with E-state index in [1.165, 1.54) is 12.8 Å². The van der Waals surface area contributed by atoms with Crippen LogP contribution in [0.2, 0.25) is 0 Å². The Hall–Kier alpha value is -1.85. The van der Waals surface area contributed by atoms with Crippen LogP contribution in [0.4, 0.5) is 11.6 Å². The molecule has 2 aliphatic rings. The molecule has 0 spiro atoms. The molecule has 6 nitrogen and oxygen atoms in total. The fraction of sp³-hybridized carbons (Fsp3) is 0.643. The van der Waals surface area contributed by atoms with Gasteiger partial charge in [0.25, 0.3) is 0 Å². The molecule has 2 saturated heterocycles. The van der Waals surface area contributed by atoms with Crippen LogP contribution in [0.25, 0.3) is 0 Å². The van der Waals surface area contributed by atoms with E-state index in [4.69, 9.17) is 5.73 Å². The summed E-state index contributed by atoms with van der Waals surface area (Å²) in [7, 11) is 0. The van der Waals surface area contributed by atoms with Gasteiger partial charge in [0.05, 0.1) is 5.92 Å². The lowest BCUT2D eigenvalue weighted by Gasteiger charge is -2.20. The van der Waals surface area contributed by atoms with Crippen molar-refractivity contribution in [3.05, 3.63) is 12.4 Å². The largest absolute Gasteiger partial charge is 0.369 e. The number of rotatable bonds is 3. The molecule has 3 rings (SSSR count). The van der Waals surface area contributed by atoms with Crippen molar-refractivity contribution >= 4 is 17.5 Å². The summed E-state index contributed by atoms with van der Waals surface area (Å²) >= 11 is 0. The van der Waals surface area contributed by atoms with E-state index in [0.717, 1.165) is 31.3 Å². The Bertz CT molecular complexity index is 500. The van der Waals surface area contributed by atoms with Gasteiger partial charge >= 0.3 is 0 Å². The summed E-state index contributed by atoms with van der Waals surface area (Å²) in [6.07, 6.45) is 4.07. The summed E-state index contributed by atoms with van der Waals surface area (Å²) < 4.78 is 0. The van der Waals surface area contributed by atoms with Crippen LogP contribution in [-0.4, -0.2) is 42.1 Å². The highest BCUT2D eigenvalue weighted by Crippen LogP contribution is 2.28. The van der Waals surface area contributed by atoms with Crippen molar-refractivity contribution in [3.8, 4) is 0 Å². The first-order chi connectivity index (χ1) is 9.65. The lowest BCUT2D eigenvalue weighted by molar-refractivity contribution is -0.122. The maximum absolute atomic E-state index is 11.4. The molecule has 2 atom stereocenters. The highest BCUT2D eigenvalue weighted by Gasteiger charge is 2.34. The quantitative estimate of drug-likeness (QED) is 0.876. The van der Waals surface area contributed by atoms with Crippen LogP contribution in [0.1, 0.15) is 19.8 Å². The van der Waals surface area contributed by atoms with E-state index in [0.29, 0.717) is 6.54 Å². The average molecular weight is 275 g/mol. The number of hydrogen-bond acceptors (Lipinski definition) is 5. The number of carbonyl (C=O) groups excluding carboxylic acids is 1. The van der Waals surface area contributed by atoms with Gasteiger partial charge < -0.3 is 15.5 Å². The number of nitrogens with zero attached hydrogens (tertiary/aromatic N) is 4. The van der Waals surface area contributed by atoms with Crippen LogP contribution in [0.5, 0.6) is 0 Å². The van der Waals surface area contributed by atoms with Crippen molar-refractivity contribution in [2.24, 2.45) is 17.6 Å². The van der Waals surface area contributed by atoms with E-state index in [-0.39, 0.29) is 17.7 Å². The first-order valence-corrected chi connectivity index (χ1v) is 7.26. The summed E-state index contributed by atoms with van der Waals surface area (Å²) in [4.78, 5) is 24.6. The van der Waals surface area contributed by atoms with Gasteiger partial charge in [0.1, 0.15) is 18.0 Å². The van der Waals surface area contributed by atoms with E-state index in [1.54, 1.807) is 6.33 Å². The predicted octanol–water partition coefficient (Wildman–Crippen LogP) is 0.634. The zero-order valence-electron chi connectivity index (χ0n) is 11.8. The number of amides is 1. The Morgan fingerprint density at radius 3 is 2.45 bits per heavy atom. The van der Waals surface area contributed by atoms with Crippen molar-refractivity contribution in [3.63, 3.8) is 0 Å². The lowest BCUT2D eigenvalue weighted by atomic mass is 9.98. The summed E-state index contributed by atoms with van der Waals surface area (Å²) in [5.41, 5.74) is 5.45. The zero-order valence-corrected chi connectivity index (χ0v) is 11.8. The molecule has 0 saturated carbocycles. The maximum atomic E-state index is 11.4. The molecule has 1 aromatic rings. The van der Waals surface area contributed by atoms with Crippen LogP contribution in [-0.2, 0) is 4.79 Å². The normalized spacial score (nSPS) is 26.2. The van der Waals surface area contributed by atoms with Gasteiger partial charge in [-0.2, -0.15) is 0 Å². The van der Waals surface area contributed by atoms with Gasteiger partial charge in [-0.15, -0.1) is 0 Å². The van der Waals surface area contributed by atoms with Gasteiger partial charge in [0.2, 0.25) is 5.91 Å². The molecule has 6 heteroatoms. The third kappa shape index (κ3) is 2.42. The average Bonchev–Trinajstić information content (AvgIpc) is 3.08. The van der Waals surface area contributed by atoms with Gasteiger partial charge in [-0.25, -0.2) is 9.97 Å². The van der Waals surface area contributed by atoms with Crippen molar-refractivity contribution in [2.75, 3.05) is 36.0 Å². The van der Waals surface area contributed by atoms with E-state index in [2.05, 4.69) is 26.7 Å². The number of primary amides is 1. The van der Waals surface area contributed by atoms with Crippen molar-refractivity contribution < 1.29 is 4.79 Å². The second kappa shape index (κ2) is 5.26. The third-order valence-electron chi connectivity index (χ3n) is 4.37. The minimum atomic E-state index is -0.214. The fourth-order valence-electron chi connectivity index (χ4n) is 3.15. The number of hydrogen-bond donors (Lipinski definition) is 1. The Morgan fingerprint density at radius 2 is 1.85 bits per heavy atom. The second-order valence-corrected chi connectivity index (χ2v) is 5.82. The van der Waals surface area contributed by atoms with Crippen molar-refractivity contribution in [1.82, 2.24) is 9.97 Å². The highest BCUT2D eigenvalue weighted by molar-refractivity contribution is 5.78. The van der Waals surface area contributed by atoms with Gasteiger partial charge in [-0.05, 0) is 18.8 Å². The van der Waals surface area contributed by atoms with Gasteiger partial charge in [0.15, 0.2) is 0 Å². The number of carbonyl (C=O) groups is 1. The monoisotopic (exact) mass is 275 g/mol. The minimum Gasteiger partial charge on any atom is -0.369 e. The Labute approximate surface area is 119 Å². The molecule has 108 valence electrons. The molecule has 0 bridgehead atoms. The molecule has 1 amide bonds. The number of aromatic nitrogens is 2. The Kier molecular flexibility index (Phi) is 3.46. The lowest BCUT2D eigenvalue weighted by Crippen LogP contribution is -2.29. The van der Waals surface area contributed by atoms with Crippen molar-refractivity contribution in [1.29, 1.82) is 0 Å². The predicted molar refractivity (Wildman–Crippen MR) is 77.5 cm³/mol. The van der Waals surface area contributed by atoms with Crippen LogP contribution in [0, 0.1) is 11.8 Å². The molecule has 2 aliphatic heterocycles. The molecule has 1 aromatic heterocycles. The van der Waals surface area contributed by atoms with Gasteiger partial charge in [-0.3, -0.25) is 4.79 Å². The zero-order chi connectivity index (χ0) is 14.1. The van der Waals surface area contributed by atoms with Crippen molar-refractivity contribution in [2.45, 2.75) is 19.8 Å². The number of anilines is 2. The summed E-state index contributed by atoms with van der Waals surface area (Å²) in [6, 6.07) is 2.03. The van der Waals surface area contributed by atoms with E-state index >= 15 is 0 Å². The van der Waals surface area contributed by atoms with Crippen LogP contribution < -0.4 is 15.5 Å². The standard InChI is InChI=1S/C14H21N5O/c1-10-7-19(8-11(10)14(15)20)13-6-12(16-9-17-13)18-4-2-3-5-18/h6,9-11H,2-5,7-8H2,1H3,(H2,15,20)/t10-,11-/m1/s1. The molecular formula is C14H21N5O. The van der Waals surface area contributed by atoms with Gasteiger partial charge in [-0.1, -0.05) is 6.92 Å². The molecule has 20 heavy (non-hydrogen) atoms. The molecule has 0 aromatic carbocycles. The minimum absolute atomic E-state index is 0.0831. The molecule has 0 unspecified atom stereocenters. The van der Waals surface area contributed by atoms with Gasteiger partial charge in [0, 0.05) is 32.2 Å². The summed E-state index contributed by atoms with van der Waals surface area (Å²) in [6.45, 7) is 5.68.